The number of likely N-dealkylation sites (tertiary alicyclic amines) is 1. The second-order valence-corrected chi connectivity index (χ2v) is 12.8. The molecule has 3 rings (SSSR count). The Morgan fingerprint density at radius 2 is 1.73 bits per heavy atom. The van der Waals surface area contributed by atoms with E-state index in [1.54, 1.807) is 37.4 Å². The molecule has 1 heterocycles. The van der Waals surface area contributed by atoms with Crippen LogP contribution < -0.4 is 14.8 Å². The van der Waals surface area contributed by atoms with Gasteiger partial charge in [-0.05, 0) is 81.3 Å². The van der Waals surface area contributed by atoms with E-state index in [0.29, 0.717) is 54.9 Å². The molecule has 0 saturated carbocycles. The summed E-state index contributed by atoms with van der Waals surface area (Å²) in [5.74, 6) is -2.67. The summed E-state index contributed by atoms with van der Waals surface area (Å²) in [6, 6.07) is 11.3. The highest BCUT2D eigenvalue weighted by Crippen LogP contribution is 2.32. The summed E-state index contributed by atoms with van der Waals surface area (Å²) >= 11 is 0. The Morgan fingerprint density at radius 3 is 2.41 bits per heavy atom. The molecule has 13 nitrogen and oxygen atoms in total. The number of carbonyl (C=O) groups is 6. The van der Waals surface area contributed by atoms with Gasteiger partial charge in [0.05, 0.1) is 26.1 Å². The molecule has 0 radical (unpaired) electrons. The Hall–Kier alpha value is -5.20. The van der Waals surface area contributed by atoms with E-state index >= 15 is 0 Å². The smallest absolute Gasteiger partial charge is 0.329 e. The number of ketones is 1. The molecule has 1 saturated heterocycles. The average Bonchev–Trinajstić information content (AvgIpc) is 3.13. The van der Waals surface area contributed by atoms with Gasteiger partial charge in [-0.15, -0.1) is 0 Å². The molecule has 51 heavy (non-hydrogen) atoms. The third kappa shape index (κ3) is 12.0. The predicted molar refractivity (Wildman–Crippen MR) is 187 cm³/mol. The number of hydrogen-bond donors (Lipinski definition) is 1. The molecule has 2 aromatic rings. The highest BCUT2D eigenvalue weighted by Gasteiger charge is 2.42. The number of ether oxygens (including phenoxy) is 5. The molecule has 0 spiro atoms. The van der Waals surface area contributed by atoms with E-state index in [1.807, 2.05) is 12.1 Å². The minimum atomic E-state index is -1.30. The largest absolute Gasteiger partial charge is 0.493 e. The Balaban J connectivity index is 1.84. The van der Waals surface area contributed by atoms with Crippen LogP contribution in [0.3, 0.4) is 0 Å². The van der Waals surface area contributed by atoms with Crippen LogP contribution in [-0.4, -0.2) is 80.4 Å². The summed E-state index contributed by atoms with van der Waals surface area (Å²) in [6.07, 6.45) is 2.75. The quantitative estimate of drug-likeness (QED) is 0.0969. The number of nitrogens with one attached hydrogen (secondary N) is 1. The van der Waals surface area contributed by atoms with Crippen molar-refractivity contribution >= 4 is 41.2 Å². The number of amides is 2. The van der Waals surface area contributed by atoms with E-state index in [-0.39, 0.29) is 32.6 Å². The summed E-state index contributed by atoms with van der Waals surface area (Å²) in [5.41, 5.74) is 0.600. The molecule has 0 unspecified atom stereocenters. The number of esters is 3. The van der Waals surface area contributed by atoms with Crippen molar-refractivity contribution in [2.45, 2.75) is 77.9 Å². The first-order valence-corrected chi connectivity index (χ1v) is 16.9. The van der Waals surface area contributed by atoms with Crippen LogP contribution in [0.1, 0.15) is 76.5 Å². The van der Waals surface area contributed by atoms with E-state index in [9.17, 15) is 28.8 Å². The number of benzene rings is 2. The highest BCUT2D eigenvalue weighted by atomic mass is 16.5. The minimum absolute atomic E-state index is 0.0586. The Labute approximate surface area is 298 Å². The molecule has 2 atom stereocenters. The van der Waals surface area contributed by atoms with Crippen LogP contribution in [-0.2, 0) is 49.4 Å². The lowest BCUT2D eigenvalue weighted by Crippen LogP contribution is -2.53. The number of hydrogen-bond acceptors (Lipinski definition) is 11. The maximum Gasteiger partial charge on any atom is 0.329 e. The third-order valence-electron chi connectivity index (χ3n) is 8.34. The molecular weight excluding hydrogens is 660 g/mol. The number of rotatable bonds is 18. The van der Waals surface area contributed by atoms with Gasteiger partial charge in [-0.2, -0.15) is 0 Å². The fourth-order valence-electron chi connectivity index (χ4n) is 5.51. The third-order valence-corrected chi connectivity index (χ3v) is 8.34. The van der Waals surface area contributed by atoms with Gasteiger partial charge < -0.3 is 33.9 Å². The summed E-state index contributed by atoms with van der Waals surface area (Å²) in [4.78, 5) is 77.8. The van der Waals surface area contributed by atoms with E-state index in [0.717, 1.165) is 5.56 Å². The number of aryl methyl sites for hydroxylation is 1. The van der Waals surface area contributed by atoms with E-state index in [4.69, 9.17) is 23.7 Å². The SMILES string of the molecule is C=CCOC(=O)CCC(=O)Nc1cccc([C@@H](CCc2ccc(OC)c(OC)c2)OC(=O)[C@@H]2CCCCN2C(=O)C(=O)C(C)(C)COC(C)=O)c1. The zero-order valence-electron chi connectivity index (χ0n) is 30.0. The van der Waals surface area contributed by atoms with Crippen LogP contribution in [0.5, 0.6) is 11.5 Å². The van der Waals surface area contributed by atoms with Crippen molar-refractivity contribution < 1.29 is 52.5 Å². The van der Waals surface area contributed by atoms with Gasteiger partial charge in [-0.3, -0.25) is 24.0 Å². The first-order chi connectivity index (χ1) is 24.3. The van der Waals surface area contributed by atoms with Crippen molar-refractivity contribution in [3.63, 3.8) is 0 Å². The monoisotopic (exact) mass is 708 g/mol. The molecule has 0 bridgehead atoms. The van der Waals surface area contributed by atoms with Crippen molar-refractivity contribution in [3.8, 4) is 11.5 Å². The first kappa shape index (κ1) is 40.2. The van der Waals surface area contributed by atoms with Crippen LogP contribution in [0.25, 0.3) is 0 Å². The molecule has 1 N–H and O–H groups in total. The Kier molecular flexibility index (Phi) is 15.2. The van der Waals surface area contributed by atoms with Gasteiger partial charge in [0.25, 0.3) is 5.91 Å². The fraction of sp³-hybridized carbons (Fsp3) is 0.474. The van der Waals surface area contributed by atoms with Gasteiger partial charge in [0.15, 0.2) is 11.5 Å². The van der Waals surface area contributed by atoms with E-state index in [1.165, 1.54) is 38.9 Å². The molecule has 1 aliphatic rings. The molecular formula is C38H48N2O11. The van der Waals surface area contributed by atoms with Crippen molar-refractivity contribution in [1.29, 1.82) is 0 Å². The molecule has 276 valence electrons. The molecule has 2 aromatic carbocycles. The highest BCUT2D eigenvalue weighted by molar-refractivity contribution is 6.38. The van der Waals surface area contributed by atoms with Gasteiger partial charge in [0.2, 0.25) is 11.7 Å². The van der Waals surface area contributed by atoms with Gasteiger partial charge >= 0.3 is 17.9 Å². The van der Waals surface area contributed by atoms with Gasteiger partial charge in [0.1, 0.15) is 25.4 Å². The lowest BCUT2D eigenvalue weighted by atomic mass is 9.87. The second-order valence-electron chi connectivity index (χ2n) is 12.8. The number of carbonyl (C=O) groups excluding carboxylic acids is 6. The van der Waals surface area contributed by atoms with E-state index < -0.39 is 53.1 Å². The van der Waals surface area contributed by atoms with Crippen LogP contribution in [0, 0.1) is 5.41 Å². The van der Waals surface area contributed by atoms with Crippen molar-refractivity contribution in [1.82, 2.24) is 4.90 Å². The van der Waals surface area contributed by atoms with Crippen molar-refractivity contribution in [2.75, 3.05) is 39.3 Å². The summed E-state index contributed by atoms with van der Waals surface area (Å²) < 4.78 is 26.9. The minimum Gasteiger partial charge on any atom is -0.493 e. The molecule has 0 aromatic heterocycles. The van der Waals surface area contributed by atoms with Crippen LogP contribution in [0.4, 0.5) is 5.69 Å². The van der Waals surface area contributed by atoms with Crippen LogP contribution in [0.2, 0.25) is 0 Å². The average molecular weight is 709 g/mol. The zero-order chi connectivity index (χ0) is 37.6. The first-order valence-electron chi connectivity index (χ1n) is 16.9. The Morgan fingerprint density at radius 1 is 0.980 bits per heavy atom. The number of nitrogens with zero attached hydrogens (tertiary/aromatic N) is 1. The van der Waals surface area contributed by atoms with E-state index in [2.05, 4.69) is 11.9 Å². The molecule has 13 heteroatoms. The van der Waals surface area contributed by atoms with Crippen LogP contribution in [0.15, 0.2) is 55.1 Å². The normalized spacial score (nSPS) is 14.8. The number of anilines is 1. The van der Waals surface area contributed by atoms with Gasteiger partial charge in [-0.25, -0.2) is 4.79 Å². The molecule has 1 aliphatic heterocycles. The summed E-state index contributed by atoms with van der Waals surface area (Å²) in [6.45, 7) is 7.70. The lowest BCUT2D eigenvalue weighted by Gasteiger charge is -2.36. The topological polar surface area (TPSA) is 164 Å². The standard InChI is InChI=1S/C38H48N2O11/c1-7-21-49-34(43)19-18-33(42)39-28-12-10-11-27(23-28)30(16-14-26-15-17-31(47-5)32(22-26)48-6)51-37(46)29-13-8-9-20-40(29)36(45)35(44)38(3,4)24-50-25(2)41/h7,10-12,15,17,22-23,29-30H,1,8-9,13-14,16,18-21,24H2,2-6H3,(H,39,42)/t29-,30+/m0/s1. The second kappa shape index (κ2) is 19.3. The molecule has 1 fully saturated rings. The maximum atomic E-state index is 13.9. The van der Waals surface area contributed by atoms with Gasteiger partial charge in [-0.1, -0.05) is 30.9 Å². The van der Waals surface area contributed by atoms with Crippen molar-refractivity contribution in [2.24, 2.45) is 5.41 Å². The number of Topliss-reactive ketones (excluding diaryl/α,β-unsaturated/α-hetero) is 1. The molecule has 0 aliphatic carbocycles. The summed E-state index contributed by atoms with van der Waals surface area (Å²) in [7, 11) is 3.08. The fourth-order valence-corrected chi connectivity index (χ4v) is 5.51. The Bertz CT molecular complexity index is 1590. The number of methoxy groups -OCH3 is 2. The predicted octanol–water partition coefficient (Wildman–Crippen LogP) is 4.91. The molecule has 2 amide bonds. The van der Waals surface area contributed by atoms with Crippen LogP contribution >= 0.6 is 0 Å². The number of piperidine rings is 1. The van der Waals surface area contributed by atoms with Crippen molar-refractivity contribution in [3.05, 3.63) is 66.2 Å². The summed E-state index contributed by atoms with van der Waals surface area (Å²) in [5, 5.41) is 2.77. The zero-order valence-corrected chi connectivity index (χ0v) is 30.0. The van der Waals surface area contributed by atoms with Gasteiger partial charge in [0, 0.05) is 25.6 Å². The maximum absolute atomic E-state index is 13.9. The lowest BCUT2D eigenvalue weighted by molar-refractivity contribution is -0.165.